The Balaban J connectivity index is 1.79. The molecule has 1 unspecified atom stereocenters. The molecule has 0 radical (unpaired) electrons. The Labute approximate surface area is 193 Å². The number of hydrogen-bond donors (Lipinski definition) is 2. The van der Waals surface area contributed by atoms with Gasteiger partial charge in [0.25, 0.3) is 0 Å². The number of nitrogens with one attached hydrogen (secondary N) is 2. The van der Waals surface area contributed by atoms with E-state index < -0.39 is 24.7 Å². The predicted octanol–water partition coefficient (Wildman–Crippen LogP) is 3.56. The number of halogens is 4. The number of nitrogens with zero attached hydrogens (tertiary/aromatic N) is 5. The van der Waals surface area contributed by atoms with Crippen LogP contribution in [0.4, 0.5) is 13.2 Å². The highest BCUT2D eigenvalue weighted by atomic mass is 79.9. The summed E-state index contributed by atoms with van der Waals surface area (Å²) in [5.74, 6) is 0.0120. The molecule has 4 heterocycles. The molecule has 0 saturated carbocycles. The first-order valence-electron chi connectivity index (χ1n) is 9.88. The number of amides is 1. The maximum atomic E-state index is 12.6. The van der Waals surface area contributed by atoms with E-state index in [1.54, 1.807) is 12.4 Å². The second kappa shape index (κ2) is 9.06. The first-order chi connectivity index (χ1) is 15.7. The van der Waals surface area contributed by atoms with Crippen molar-refractivity contribution in [1.82, 2.24) is 34.8 Å². The summed E-state index contributed by atoms with van der Waals surface area (Å²) in [5.41, 5.74) is 2.07. The molecule has 4 aromatic heterocycles. The molecule has 4 aromatic rings. The van der Waals surface area contributed by atoms with Gasteiger partial charge in [-0.3, -0.25) is 4.79 Å². The van der Waals surface area contributed by atoms with Crippen molar-refractivity contribution in [3.8, 4) is 11.4 Å². The largest absolute Gasteiger partial charge is 0.405 e. The van der Waals surface area contributed by atoms with Crippen LogP contribution in [0.1, 0.15) is 18.8 Å². The number of imidazole rings is 1. The van der Waals surface area contributed by atoms with E-state index >= 15 is 0 Å². The van der Waals surface area contributed by atoms with Gasteiger partial charge in [0.1, 0.15) is 29.6 Å². The van der Waals surface area contributed by atoms with Crippen LogP contribution in [0.5, 0.6) is 0 Å². The van der Waals surface area contributed by atoms with Crippen molar-refractivity contribution < 1.29 is 22.7 Å². The summed E-state index contributed by atoms with van der Waals surface area (Å²) in [5, 5.41) is 2.71. The van der Waals surface area contributed by atoms with Gasteiger partial charge in [0, 0.05) is 41.3 Å². The van der Waals surface area contributed by atoms with Crippen molar-refractivity contribution in [2.45, 2.75) is 25.6 Å². The lowest BCUT2D eigenvalue weighted by Gasteiger charge is -2.17. The Morgan fingerprint density at radius 3 is 2.82 bits per heavy atom. The lowest BCUT2D eigenvalue weighted by atomic mass is 10.2. The topological polar surface area (TPSA) is 111 Å². The molecule has 13 heteroatoms. The second-order valence-electron chi connectivity index (χ2n) is 7.30. The van der Waals surface area contributed by atoms with E-state index in [2.05, 4.69) is 40.8 Å². The third-order valence-electron chi connectivity index (χ3n) is 5.00. The molecule has 2 N–H and O–H groups in total. The van der Waals surface area contributed by atoms with Crippen molar-refractivity contribution >= 4 is 44.0 Å². The number of carbonyl (C=O) groups is 1. The molecule has 33 heavy (non-hydrogen) atoms. The summed E-state index contributed by atoms with van der Waals surface area (Å²) in [6, 6.07) is 0.877. The molecular formula is C20H19BrF3N7O2. The van der Waals surface area contributed by atoms with Crippen LogP contribution in [-0.4, -0.2) is 61.8 Å². The zero-order chi connectivity index (χ0) is 23.8. The zero-order valence-corrected chi connectivity index (χ0v) is 19.2. The molecule has 0 aliphatic rings. The minimum absolute atomic E-state index is 0.308. The Morgan fingerprint density at radius 1 is 1.30 bits per heavy atom. The Kier molecular flexibility index (Phi) is 6.34. The first-order valence-corrected chi connectivity index (χ1v) is 10.7. The van der Waals surface area contributed by atoms with E-state index in [9.17, 15) is 18.0 Å². The average molecular weight is 526 g/mol. The van der Waals surface area contributed by atoms with E-state index in [1.165, 1.54) is 24.8 Å². The molecule has 1 amide bonds. The number of aromatic nitrogens is 6. The molecular weight excluding hydrogens is 507 g/mol. The number of fused-ring (bicyclic) bond motifs is 2. The van der Waals surface area contributed by atoms with Crippen LogP contribution in [0.25, 0.3) is 33.6 Å². The maximum Gasteiger partial charge on any atom is 0.405 e. The van der Waals surface area contributed by atoms with E-state index in [1.807, 2.05) is 11.4 Å². The van der Waals surface area contributed by atoms with Crippen LogP contribution in [-0.2, 0) is 16.0 Å². The van der Waals surface area contributed by atoms with Gasteiger partial charge in [-0.15, -0.1) is 0 Å². The number of methoxy groups -OCH3 is 1. The number of pyridine rings is 1. The molecule has 0 fully saturated rings. The molecule has 4 rings (SSSR count). The maximum absolute atomic E-state index is 12.6. The lowest BCUT2D eigenvalue weighted by molar-refractivity contribution is -0.140. The summed E-state index contributed by atoms with van der Waals surface area (Å²) in [7, 11) is 1.52. The molecule has 0 aliphatic heterocycles. The van der Waals surface area contributed by atoms with Gasteiger partial charge in [0.05, 0.1) is 12.8 Å². The Morgan fingerprint density at radius 2 is 2.09 bits per heavy atom. The molecule has 1 atom stereocenters. The third-order valence-corrected chi connectivity index (χ3v) is 5.44. The van der Waals surface area contributed by atoms with E-state index in [4.69, 9.17) is 4.74 Å². The predicted molar refractivity (Wildman–Crippen MR) is 117 cm³/mol. The summed E-state index contributed by atoms with van der Waals surface area (Å²) in [6.45, 7) is 0.383. The van der Waals surface area contributed by atoms with E-state index in [0.717, 1.165) is 9.86 Å². The highest BCUT2D eigenvalue weighted by molar-refractivity contribution is 9.10. The van der Waals surface area contributed by atoms with Crippen LogP contribution in [0.2, 0.25) is 0 Å². The molecule has 9 nitrogen and oxygen atoms in total. The highest BCUT2D eigenvalue weighted by Gasteiger charge is 2.30. The smallest absolute Gasteiger partial charge is 0.384 e. The van der Waals surface area contributed by atoms with Gasteiger partial charge in [0.2, 0.25) is 5.91 Å². The van der Waals surface area contributed by atoms with Crippen molar-refractivity contribution in [2.24, 2.45) is 0 Å². The van der Waals surface area contributed by atoms with Crippen molar-refractivity contribution in [3.63, 3.8) is 0 Å². The van der Waals surface area contributed by atoms with Crippen LogP contribution >= 0.6 is 15.9 Å². The standard InChI is InChI=1S/C20H19BrF3N7O2/c1-10(19(32)28-9-20(22,23)24)31-15(3-4-33-2)29-14-8-27-17(30-18(14)31)13-7-26-16-12(13)5-11(21)6-25-16/h5-8,10H,3-4,9H2,1-2H3,(H,25,26)(H,28,32). The number of hydrogen-bond acceptors (Lipinski definition) is 6. The lowest BCUT2D eigenvalue weighted by Crippen LogP contribution is -2.38. The minimum atomic E-state index is -4.52. The van der Waals surface area contributed by atoms with Crippen LogP contribution in [0, 0.1) is 0 Å². The molecule has 0 aliphatic carbocycles. The van der Waals surface area contributed by atoms with Gasteiger partial charge in [0.15, 0.2) is 11.5 Å². The fourth-order valence-electron chi connectivity index (χ4n) is 3.46. The summed E-state index contributed by atoms with van der Waals surface area (Å²) in [6.07, 6.45) is 0.721. The third kappa shape index (κ3) is 4.83. The molecule has 0 spiro atoms. The quantitative estimate of drug-likeness (QED) is 0.381. The molecule has 0 bridgehead atoms. The number of rotatable bonds is 7. The normalized spacial score (nSPS) is 13.0. The van der Waals surface area contributed by atoms with Gasteiger partial charge in [-0.2, -0.15) is 13.2 Å². The van der Waals surface area contributed by atoms with Crippen LogP contribution in [0.3, 0.4) is 0 Å². The highest BCUT2D eigenvalue weighted by Crippen LogP contribution is 2.29. The van der Waals surface area contributed by atoms with Gasteiger partial charge in [-0.1, -0.05) is 0 Å². The van der Waals surface area contributed by atoms with Crippen molar-refractivity contribution in [2.75, 3.05) is 20.3 Å². The van der Waals surface area contributed by atoms with Crippen molar-refractivity contribution in [3.05, 3.63) is 35.0 Å². The monoisotopic (exact) mass is 525 g/mol. The fraction of sp³-hybridized carbons (Fsp3) is 0.350. The van der Waals surface area contributed by atoms with Gasteiger partial charge >= 0.3 is 6.18 Å². The second-order valence-corrected chi connectivity index (χ2v) is 8.22. The molecule has 0 aromatic carbocycles. The summed E-state index contributed by atoms with van der Waals surface area (Å²) in [4.78, 5) is 33.4. The molecule has 174 valence electrons. The number of alkyl halides is 3. The minimum Gasteiger partial charge on any atom is -0.384 e. The molecule has 0 saturated heterocycles. The number of H-pyrrole nitrogens is 1. The van der Waals surface area contributed by atoms with Gasteiger partial charge in [-0.05, 0) is 28.9 Å². The van der Waals surface area contributed by atoms with E-state index in [-0.39, 0.29) is 0 Å². The Hall–Kier alpha value is -3.06. The number of aromatic amines is 1. The Bertz CT molecular complexity index is 1320. The fourth-order valence-corrected chi connectivity index (χ4v) is 3.79. The van der Waals surface area contributed by atoms with Crippen LogP contribution in [0.15, 0.2) is 29.1 Å². The first kappa shape index (κ1) is 23.1. The number of ether oxygens (including phenoxy) is 1. The van der Waals surface area contributed by atoms with E-state index in [0.29, 0.717) is 47.1 Å². The summed E-state index contributed by atoms with van der Waals surface area (Å²) < 4.78 is 45.2. The summed E-state index contributed by atoms with van der Waals surface area (Å²) >= 11 is 3.40. The number of carbonyl (C=O) groups excluding carboxylic acids is 1. The van der Waals surface area contributed by atoms with Gasteiger partial charge < -0.3 is 19.6 Å². The average Bonchev–Trinajstić information content (AvgIpc) is 3.35. The zero-order valence-electron chi connectivity index (χ0n) is 17.6. The van der Waals surface area contributed by atoms with Crippen LogP contribution < -0.4 is 5.32 Å². The SMILES string of the molecule is COCCc1nc2cnc(-c3c[nH]c4ncc(Br)cc34)nc2n1C(C)C(=O)NCC(F)(F)F. The van der Waals surface area contributed by atoms with Gasteiger partial charge in [-0.25, -0.2) is 19.9 Å². The van der Waals surface area contributed by atoms with Crippen molar-refractivity contribution in [1.29, 1.82) is 0 Å².